The number of benzene rings is 2. The molecule has 2 heterocycles. The molecule has 1 N–H and O–H groups in total. The smallest absolute Gasteiger partial charge is 0.243 e. The SMILES string of the molecule is Cc1ccc(CN2CCCC(C(=O)Nc3ccc(S(=O)(=O)N4CCCCCC4)cc3)C2)cc1. The van der Waals surface area contributed by atoms with Gasteiger partial charge in [-0.1, -0.05) is 42.7 Å². The van der Waals surface area contributed by atoms with Crippen molar-refractivity contribution < 1.29 is 13.2 Å². The van der Waals surface area contributed by atoms with E-state index >= 15 is 0 Å². The summed E-state index contributed by atoms with van der Waals surface area (Å²) >= 11 is 0. The number of amides is 1. The Balaban J connectivity index is 1.34. The van der Waals surface area contributed by atoms with Crippen molar-refractivity contribution >= 4 is 21.6 Å². The molecular formula is C26H35N3O3S. The molecule has 1 unspecified atom stereocenters. The molecule has 2 aliphatic rings. The van der Waals surface area contributed by atoms with Crippen molar-refractivity contribution in [3.8, 4) is 0 Å². The number of hydrogen-bond donors (Lipinski definition) is 1. The van der Waals surface area contributed by atoms with E-state index in [-0.39, 0.29) is 11.8 Å². The van der Waals surface area contributed by atoms with Crippen LogP contribution < -0.4 is 5.32 Å². The molecule has 1 amide bonds. The average Bonchev–Trinajstić information content (AvgIpc) is 3.11. The van der Waals surface area contributed by atoms with E-state index in [1.807, 2.05) is 0 Å². The number of piperidine rings is 1. The number of nitrogens with zero attached hydrogens (tertiary/aromatic N) is 2. The van der Waals surface area contributed by atoms with Gasteiger partial charge in [0.2, 0.25) is 15.9 Å². The molecular weight excluding hydrogens is 434 g/mol. The van der Waals surface area contributed by atoms with E-state index in [4.69, 9.17) is 0 Å². The highest BCUT2D eigenvalue weighted by atomic mass is 32.2. The van der Waals surface area contributed by atoms with Gasteiger partial charge in [-0.3, -0.25) is 9.69 Å². The van der Waals surface area contributed by atoms with E-state index in [0.717, 1.165) is 58.2 Å². The molecule has 178 valence electrons. The molecule has 0 aromatic heterocycles. The predicted molar refractivity (Wildman–Crippen MR) is 131 cm³/mol. The fourth-order valence-corrected chi connectivity index (χ4v) is 6.27. The molecule has 0 aliphatic carbocycles. The number of rotatable bonds is 6. The maximum atomic E-state index is 13.0. The fraction of sp³-hybridized carbons (Fsp3) is 0.500. The zero-order valence-electron chi connectivity index (χ0n) is 19.5. The molecule has 0 radical (unpaired) electrons. The van der Waals surface area contributed by atoms with Crippen LogP contribution in [-0.4, -0.2) is 49.7 Å². The van der Waals surface area contributed by atoms with E-state index < -0.39 is 10.0 Å². The number of carbonyl (C=O) groups is 1. The van der Waals surface area contributed by atoms with E-state index in [1.165, 1.54) is 11.1 Å². The van der Waals surface area contributed by atoms with Crippen LogP contribution in [0.25, 0.3) is 0 Å². The van der Waals surface area contributed by atoms with Crippen molar-refractivity contribution in [2.24, 2.45) is 5.92 Å². The molecule has 4 rings (SSSR count). The Morgan fingerprint density at radius 2 is 1.58 bits per heavy atom. The maximum absolute atomic E-state index is 13.0. The minimum absolute atomic E-state index is 0.00623. The lowest BCUT2D eigenvalue weighted by molar-refractivity contribution is -0.121. The van der Waals surface area contributed by atoms with Crippen molar-refractivity contribution in [1.82, 2.24) is 9.21 Å². The van der Waals surface area contributed by atoms with Gasteiger partial charge in [0.05, 0.1) is 10.8 Å². The highest BCUT2D eigenvalue weighted by Crippen LogP contribution is 2.24. The van der Waals surface area contributed by atoms with Gasteiger partial charge >= 0.3 is 0 Å². The second kappa shape index (κ2) is 10.8. The van der Waals surface area contributed by atoms with E-state index in [9.17, 15) is 13.2 Å². The van der Waals surface area contributed by atoms with Crippen LogP contribution in [0.1, 0.15) is 49.7 Å². The Morgan fingerprint density at radius 3 is 2.24 bits per heavy atom. The molecule has 2 aromatic carbocycles. The molecule has 2 aliphatic heterocycles. The first-order valence-corrected chi connectivity index (χ1v) is 13.5. The van der Waals surface area contributed by atoms with E-state index in [1.54, 1.807) is 28.6 Å². The number of hydrogen-bond acceptors (Lipinski definition) is 4. The van der Waals surface area contributed by atoms with Crippen molar-refractivity contribution in [2.75, 3.05) is 31.5 Å². The van der Waals surface area contributed by atoms with Gasteiger partial charge in [0.15, 0.2) is 0 Å². The largest absolute Gasteiger partial charge is 0.326 e. The van der Waals surface area contributed by atoms with Gasteiger partial charge in [0.25, 0.3) is 0 Å². The fourth-order valence-electron chi connectivity index (χ4n) is 4.75. The molecule has 7 heteroatoms. The molecule has 0 saturated carbocycles. The normalized spacial score (nSPS) is 20.8. The summed E-state index contributed by atoms with van der Waals surface area (Å²) in [6.45, 7) is 5.85. The Bertz CT molecular complexity index is 1030. The Kier molecular flexibility index (Phi) is 7.83. The number of carbonyl (C=O) groups excluding carboxylic acids is 1. The molecule has 2 saturated heterocycles. The molecule has 2 fully saturated rings. The summed E-state index contributed by atoms with van der Waals surface area (Å²) in [5.74, 6) is -0.0589. The number of anilines is 1. The minimum Gasteiger partial charge on any atom is -0.326 e. The second-order valence-electron chi connectivity index (χ2n) is 9.39. The van der Waals surface area contributed by atoms with Gasteiger partial charge in [-0.25, -0.2) is 8.42 Å². The highest BCUT2D eigenvalue weighted by Gasteiger charge is 2.27. The summed E-state index contributed by atoms with van der Waals surface area (Å²) in [5.41, 5.74) is 3.16. The molecule has 33 heavy (non-hydrogen) atoms. The van der Waals surface area contributed by atoms with E-state index in [2.05, 4.69) is 41.4 Å². The molecule has 0 bridgehead atoms. The minimum atomic E-state index is -3.48. The van der Waals surface area contributed by atoms with Crippen LogP contribution in [0.4, 0.5) is 5.69 Å². The Labute approximate surface area is 198 Å². The second-order valence-corrected chi connectivity index (χ2v) is 11.3. The number of aryl methyl sites for hydroxylation is 1. The first-order chi connectivity index (χ1) is 15.9. The molecule has 2 aromatic rings. The van der Waals surface area contributed by atoms with Crippen LogP contribution in [0.3, 0.4) is 0 Å². The van der Waals surface area contributed by atoms with Gasteiger partial charge < -0.3 is 5.32 Å². The third-order valence-electron chi connectivity index (χ3n) is 6.73. The number of nitrogens with one attached hydrogen (secondary N) is 1. The molecule has 0 spiro atoms. The highest BCUT2D eigenvalue weighted by molar-refractivity contribution is 7.89. The van der Waals surface area contributed by atoms with Crippen molar-refractivity contribution in [3.05, 3.63) is 59.7 Å². The third-order valence-corrected chi connectivity index (χ3v) is 8.64. The van der Waals surface area contributed by atoms with Crippen LogP contribution in [0, 0.1) is 12.8 Å². The summed E-state index contributed by atoms with van der Waals surface area (Å²) in [5, 5.41) is 3.00. The topological polar surface area (TPSA) is 69.7 Å². The number of sulfonamides is 1. The van der Waals surface area contributed by atoms with Gasteiger partial charge in [0.1, 0.15) is 0 Å². The zero-order chi connectivity index (χ0) is 23.3. The van der Waals surface area contributed by atoms with Gasteiger partial charge in [0, 0.05) is 31.9 Å². The van der Waals surface area contributed by atoms with Crippen LogP contribution in [0.2, 0.25) is 0 Å². The number of likely N-dealkylation sites (tertiary alicyclic amines) is 1. The summed E-state index contributed by atoms with van der Waals surface area (Å²) in [7, 11) is -3.48. The lowest BCUT2D eigenvalue weighted by atomic mass is 9.96. The summed E-state index contributed by atoms with van der Waals surface area (Å²) in [4.78, 5) is 15.6. The Morgan fingerprint density at radius 1 is 0.909 bits per heavy atom. The van der Waals surface area contributed by atoms with Crippen molar-refractivity contribution in [1.29, 1.82) is 0 Å². The van der Waals surface area contributed by atoms with Crippen LogP contribution in [0.5, 0.6) is 0 Å². The summed E-state index contributed by atoms with van der Waals surface area (Å²) < 4.78 is 27.5. The van der Waals surface area contributed by atoms with Gasteiger partial charge in [-0.15, -0.1) is 0 Å². The monoisotopic (exact) mass is 469 g/mol. The van der Waals surface area contributed by atoms with Crippen LogP contribution in [-0.2, 0) is 21.4 Å². The molecule has 1 atom stereocenters. The zero-order valence-corrected chi connectivity index (χ0v) is 20.3. The third kappa shape index (κ3) is 6.22. The lowest BCUT2D eigenvalue weighted by Crippen LogP contribution is -2.40. The molecule has 6 nitrogen and oxygen atoms in total. The predicted octanol–water partition coefficient (Wildman–Crippen LogP) is 4.41. The van der Waals surface area contributed by atoms with Gasteiger partial charge in [-0.2, -0.15) is 4.31 Å². The average molecular weight is 470 g/mol. The first-order valence-electron chi connectivity index (χ1n) is 12.1. The van der Waals surface area contributed by atoms with Crippen molar-refractivity contribution in [3.63, 3.8) is 0 Å². The summed E-state index contributed by atoms with van der Waals surface area (Å²) in [6, 6.07) is 15.2. The van der Waals surface area contributed by atoms with Crippen molar-refractivity contribution in [2.45, 2.75) is 56.9 Å². The quantitative estimate of drug-likeness (QED) is 0.680. The maximum Gasteiger partial charge on any atom is 0.243 e. The summed E-state index contributed by atoms with van der Waals surface area (Å²) in [6.07, 6.45) is 5.86. The Hall–Kier alpha value is -2.22. The van der Waals surface area contributed by atoms with Crippen LogP contribution >= 0.6 is 0 Å². The van der Waals surface area contributed by atoms with Gasteiger partial charge in [-0.05, 0) is 69.0 Å². The van der Waals surface area contributed by atoms with Crippen LogP contribution in [0.15, 0.2) is 53.4 Å². The standard InChI is InChI=1S/C26H35N3O3S/c1-21-8-10-22(11-9-21)19-28-16-6-7-23(20-28)26(30)27-24-12-14-25(15-13-24)33(31,32)29-17-4-2-3-5-18-29/h8-15,23H,2-7,16-20H2,1H3,(H,27,30). The lowest BCUT2D eigenvalue weighted by Gasteiger charge is -2.32. The first kappa shape index (κ1) is 23.9. The van der Waals surface area contributed by atoms with E-state index in [0.29, 0.717) is 23.7 Å².